The number of ether oxygens (including phenoxy) is 1. The molecule has 0 amide bonds. The second kappa shape index (κ2) is 6.38. The van der Waals surface area contributed by atoms with Crippen molar-refractivity contribution in [1.29, 1.82) is 0 Å². The number of rotatable bonds is 5. The third kappa shape index (κ3) is 3.05. The number of nitrogens with two attached hydrogens (primary N) is 1. The van der Waals surface area contributed by atoms with Crippen LogP contribution in [0.3, 0.4) is 0 Å². The van der Waals surface area contributed by atoms with E-state index in [4.69, 9.17) is 10.5 Å². The summed E-state index contributed by atoms with van der Waals surface area (Å²) in [7, 11) is 0. The summed E-state index contributed by atoms with van der Waals surface area (Å²) in [4.78, 5) is 15.9. The van der Waals surface area contributed by atoms with Gasteiger partial charge in [0.25, 0.3) is 0 Å². The molecule has 0 radical (unpaired) electrons. The molecule has 0 fully saturated rings. The van der Waals surface area contributed by atoms with E-state index < -0.39 is 0 Å². The first-order chi connectivity index (χ1) is 11.1. The summed E-state index contributed by atoms with van der Waals surface area (Å²) >= 11 is 1.51. The minimum atomic E-state index is -0.00698. The summed E-state index contributed by atoms with van der Waals surface area (Å²) < 4.78 is 6.78. The highest BCUT2D eigenvalue weighted by atomic mass is 32.1. The van der Waals surface area contributed by atoms with Crippen molar-refractivity contribution in [3.63, 3.8) is 0 Å². The molecule has 2 aromatic heterocycles. The maximum Gasteiger partial charge on any atom is 0.162 e. The Labute approximate surface area is 138 Å². The zero-order chi connectivity index (χ0) is 16.4. The molecule has 0 aliphatic heterocycles. The molecular weight excluding hydrogens is 308 g/mol. The van der Waals surface area contributed by atoms with Crippen molar-refractivity contribution in [3.8, 4) is 5.75 Å². The summed E-state index contributed by atoms with van der Waals surface area (Å²) in [6.45, 7) is 4.06. The molecule has 3 rings (SSSR count). The number of aromatic nitrogens is 1. The minimum Gasteiger partial charge on any atom is -0.489 e. The molecule has 2 N–H and O–H groups in total. The molecule has 118 valence electrons. The van der Waals surface area contributed by atoms with E-state index in [0.717, 1.165) is 27.8 Å². The Kier molecular flexibility index (Phi) is 4.30. The zero-order valence-electron chi connectivity index (χ0n) is 13.1. The van der Waals surface area contributed by atoms with Crippen LogP contribution in [0.25, 0.3) is 10.1 Å². The van der Waals surface area contributed by atoms with E-state index in [1.165, 1.54) is 16.9 Å². The largest absolute Gasteiger partial charge is 0.489 e. The first kappa shape index (κ1) is 15.5. The van der Waals surface area contributed by atoms with Gasteiger partial charge in [-0.25, -0.2) is 4.98 Å². The first-order valence-electron chi connectivity index (χ1n) is 7.47. The Morgan fingerprint density at radius 1 is 1.39 bits per heavy atom. The van der Waals surface area contributed by atoms with Gasteiger partial charge in [-0.1, -0.05) is 19.1 Å². The van der Waals surface area contributed by atoms with Gasteiger partial charge < -0.3 is 10.5 Å². The number of nitrogen functional groups attached to an aromatic ring is 1. The Morgan fingerprint density at radius 3 is 2.96 bits per heavy atom. The number of fused-ring (bicyclic) bond motifs is 1. The Bertz CT molecular complexity index is 871. The number of thiophene rings is 1. The Morgan fingerprint density at radius 2 is 2.22 bits per heavy atom. The molecule has 5 heteroatoms. The molecule has 0 spiro atoms. The Hall–Kier alpha value is -2.40. The maximum atomic E-state index is 11.7. The second-order valence-corrected chi connectivity index (χ2v) is 6.25. The van der Waals surface area contributed by atoms with Gasteiger partial charge in [0, 0.05) is 17.1 Å². The number of hydrogen-bond acceptors (Lipinski definition) is 5. The van der Waals surface area contributed by atoms with Crippen LogP contribution in [0.5, 0.6) is 5.75 Å². The average Bonchev–Trinajstić information content (AvgIpc) is 2.98. The van der Waals surface area contributed by atoms with Gasteiger partial charge in [0.2, 0.25) is 0 Å². The molecule has 0 atom stereocenters. The van der Waals surface area contributed by atoms with Crippen LogP contribution in [-0.4, -0.2) is 10.8 Å². The van der Waals surface area contributed by atoms with Gasteiger partial charge >= 0.3 is 0 Å². The average molecular weight is 326 g/mol. The van der Waals surface area contributed by atoms with Gasteiger partial charge in [0.05, 0.1) is 10.3 Å². The third-order valence-electron chi connectivity index (χ3n) is 3.78. The topological polar surface area (TPSA) is 65.2 Å². The number of carbonyl (C=O) groups is 1. The van der Waals surface area contributed by atoms with Crippen molar-refractivity contribution < 1.29 is 9.53 Å². The van der Waals surface area contributed by atoms with E-state index in [0.29, 0.717) is 18.0 Å². The van der Waals surface area contributed by atoms with Crippen molar-refractivity contribution >= 4 is 33.0 Å². The van der Waals surface area contributed by atoms with Gasteiger partial charge in [-0.05, 0) is 36.4 Å². The van der Waals surface area contributed by atoms with Crippen LogP contribution in [0.2, 0.25) is 0 Å². The summed E-state index contributed by atoms with van der Waals surface area (Å²) in [5, 5.41) is 2.81. The van der Waals surface area contributed by atoms with Crippen LogP contribution in [0, 0.1) is 0 Å². The fourth-order valence-corrected chi connectivity index (χ4v) is 3.63. The number of pyridine rings is 1. The zero-order valence-corrected chi connectivity index (χ0v) is 13.9. The van der Waals surface area contributed by atoms with Gasteiger partial charge in [0.15, 0.2) is 5.78 Å². The third-order valence-corrected chi connectivity index (χ3v) is 4.84. The van der Waals surface area contributed by atoms with Crippen molar-refractivity contribution in [2.45, 2.75) is 26.9 Å². The first-order valence-corrected chi connectivity index (χ1v) is 8.35. The minimum absolute atomic E-state index is 0.00698. The molecule has 0 saturated heterocycles. The van der Waals surface area contributed by atoms with Crippen molar-refractivity contribution in [3.05, 3.63) is 52.5 Å². The lowest BCUT2D eigenvalue weighted by Gasteiger charge is -2.08. The molecule has 0 aliphatic carbocycles. The number of nitrogens with zero attached hydrogens (tertiary/aromatic N) is 1. The lowest BCUT2D eigenvalue weighted by Crippen LogP contribution is -2.00. The Balaban J connectivity index is 1.91. The summed E-state index contributed by atoms with van der Waals surface area (Å²) in [6, 6.07) is 8.05. The molecule has 0 unspecified atom stereocenters. The molecule has 3 aromatic rings. The van der Waals surface area contributed by atoms with Gasteiger partial charge in [-0.2, -0.15) is 0 Å². The molecule has 0 saturated carbocycles. The van der Waals surface area contributed by atoms with E-state index in [2.05, 4.69) is 18.0 Å². The van der Waals surface area contributed by atoms with Crippen molar-refractivity contribution in [2.75, 3.05) is 5.73 Å². The summed E-state index contributed by atoms with van der Waals surface area (Å²) in [5.74, 6) is 1.26. The highest BCUT2D eigenvalue weighted by Crippen LogP contribution is 2.33. The van der Waals surface area contributed by atoms with E-state index >= 15 is 0 Å². The number of aryl methyl sites for hydroxylation is 1. The number of hydrogen-bond donors (Lipinski definition) is 1. The lowest BCUT2D eigenvalue weighted by atomic mass is 10.1. The highest BCUT2D eigenvalue weighted by Gasteiger charge is 2.15. The lowest BCUT2D eigenvalue weighted by molar-refractivity contribution is 0.101. The predicted molar refractivity (Wildman–Crippen MR) is 94.2 cm³/mol. The highest BCUT2D eigenvalue weighted by molar-refractivity contribution is 7.17. The number of Topliss-reactive ketones (excluding diaryl/α,β-unsaturated/α-hetero) is 1. The van der Waals surface area contributed by atoms with Gasteiger partial charge in [0.1, 0.15) is 18.2 Å². The fourth-order valence-electron chi connectivity index (χ4n) is 2.50. The van der Waals surface area contributed by atoms with Gasteiger partial charge in [-0.15, -0.1) is 11.3 Å². The van der Waals surface area contributed by atoms with E-state index in [9.17, 15) is 4.79 Å². The van der Waals surface area contributed by atoms with Crippen LogP contribution >= 0.6 is 11.3 Å². The van der Waals surface area contributed by atoms with Crippen LogP contribution in [0.4, 0.5) is 5.82 Å². The van der Waals surface area contributed by atoms with E-state index in [1.807, 2.05) is 23.6 Å². The normalized spacial score (nSPS) is 10.9. The molecule has 0 aliphatic rings. The smallest absolute Gasteiger partial charge is 0.162 e. The molecule has 1 aromatic carbocycles. The second-order valence-electron chi connectivity index (χ2n) is 5.37. The maximum absolute atomic E-state index is 11.7. The quantitative estimate of drug-likeness (QED) is 0.713. The number of anilines is 1. The monoisotopic (exact) mass is 326 g/mol. The standard InChI is InChI=1S/C18H18N2O2S/c1-3-12-5-4-6-14(7-12)22-9-13-10-23-17-15(11(2)21)8-20-18(19)16(13)17/h4-8,10H,3,9H2,1-2H3,(H2,19,20). The summed E-state index contributed by atoms with van der Waals surface area (Å²) in [5.41, 5.74) is 8.82. The summed E-state index contributed by atoms with van der Waals surface area (Å²) in [6.07, 6.45) is 2.52. The van der Waals surface area contributed by atoms with Crippen molar-refractivity contribution in [2.24, 2.45) is 0 Å². The van der Waals surface area contributed by atoms with E-state index in [1.54, 1.807) is 13.1 Å². The van der Waals surface area contributed by atoms with Crippen LogP contribution < -0.4 is 10.5 Å². The number of benzene rings is 1. The number of ketones is 1. The SMILES string of the molecule is CCc1cccc(OCc2csc3c(C(C)=O)cnc(N)c23)c1. The molecule has 2 heterocycles. The van der Waals surface area contributed by atoms with Gasteiger partial charge in [-0.3, -0.25) is 4.79 Å². The van der Waals surface area contributed by atoms with E-state index in [-0.39, 0.29) is 5.78 Å². The molecule has 4 nitrogen and oxygen atoms in total. The fraction of sp³-hybridized carbons (Fsp3) is 0.222. The van der Waals surface area contributed by atoms with Crippen LogP contribution in [0.1, 0.15) is 35.3 Å². The molecule has 23 heavy (non-hydrogen) atoms. The number of carbonyl (C=O) groups excluding carboxylic acids is 1. The predicted octanol–water partition coefficient (Wildman–Crippen LogP) is 4.22. The molecular formula is C18H18N2O2S. The van der Waals surface area contributed by atoms with Crippen LogP contribution in [-0.2, 0) is 13.0 Å². The van der Waals surface area contributed by atoms with Crippen LogP contribution in [0.15, 0.2) is 35.8 Å². The van der Waals surface area contributed by atoms with Crippen molar-refractivity contribution in [1.82, 2.24) is 4.98 Å². The molecule has 0 bridgehead atoms.